The standard InChI is InChI=1S/C18H16N4O2S/c1-12-6-8-15(9-7-12)25-18-16(22(23)24)17(19-11-20-18)21-14-5-3-4-13(2)10-14/h3-11H,1-2H3,(H,19,20,21). The number of rotatable bonds is 5. The third kappa shape index (κ3) is 4.13. The average Bonchev–Trinajstić information content (AvgIpc) is 2.57. The van der Waals surface area contributed by atoms with Gasteiger partial charge in [-0.15, -0.1) is 0 Å². The third-order valence-electron chi connectivity index (χ3n) is 3.49. The second-order valence-electron chi connectivity index (χ2n) is 5.54. The Morgan fingerprint density at radius 3 is 2.48 bits per heavy atom. The minimum Gasteiger partial charge on any atom is -0.334 e. The molecular formula is C18H16N4O2S. The lowest BCUT2D eigenvalue weighted by Crippen LogP contribution is -2.03. The second kappa shape index (κ2) is 7.31. The van der Waals surface area contributed by atoms with Gasteiger partial charge in [-0.25, -0.2) is 9.97 Å². The van der Waals surface area contributed by atoms with Gasteiger partial charge in [-0.1, -0.05) is 41.6 Å². The van der Waals surface area contributed by atoms with Crippen molar-refractivity contribution in [2.75, 3.05) is 5.32 Å². The molecule has 0 saturated heterocycles. The zero-order valence-corrected chi connectivity index (χ0v) is 14.6. The molecule has 0 atom stereocenters. The molecule has 1 heterocycles. The quantitative estimate of drug-likeness (QED) is 0.400. The van der Waals surface area contributed by atoms with E-state index in [0.29, 0.717) is 5.03 Å². The van der Waals surface area contributed by atoms with Gasteiger partial charge in [0.1, 0.15) is 6.33 Å². The second-order valence-corrected chi connectivity index (χ2v) is 6.60. The first-order valence-electron chi connectivity index (χ1n) is 7.60. The Hall–Kier alpha value is -2.93. The molecule has 1 N–H and O–H groups in total. The number of nitrogens with zero attached hydrogens (tertiary/aromatic N) is 3. The molecule has 0 aliphatic carbocycles. The minimum atomic E-state index is -0.450. The first-order chi connectivity index (χ1) is 12.0. The van der Waals surface area contributed by atoms with Gasteiger partial charge in [0.25, 0.3) is 0 Å². The zero-order valence-electron chi connectivity index (χ0n) is 13.8. The molecule has 25 heavy (non-hydrogen) atoms. The SMILES string of the molecule is Cc1ccc(Sc2ncnc(Nc3cccc(C)c3)c2[N+](=O)[O-])cc1. The Morgan fingerprint density at radius 2 is 1.80 bits per heavy atom. The first-order valence-corrected chi connectivity index (χ1v) is 8.42. The van der Waals surface area contributed by atoms with E-state index in [2.05, 4.69) is 15.3 Å². The first kappa shape index (κ1) is 16.9. The molecule has 0 aliphatic rings. The summed E-state index contributed by atoms with van der Waals surface area (Å²) in [5, 5.41) is 14.9. The summed E-state index contributed by atoms with van der Waals surface area (Å²) in [6.45, 7) is 3.95. The lowest BCUT2D eigenvalue weighted by Gasteiger charge is -2.09. The topological polar surface area (TPSA) is 81.0 Å². The van der Waals surface area contributed by atoms with E-state index < -0.39 is 4.92 Å². The molecular weight excluding hydrogens is 336 g/mol. The van der Waals surface area contributed by atoms with Gasteiger partial charge in [-0.2, -0.15) is 0 Å². The van der Waals surface area contributed by atoms with E-state index in [1.54, 1.807) is 0 Å². The fourth-order valence-corrected chi connectivity index (χ4v) is 3.13. The van der Waals surface area contributed by atoms with Crippen LogP contribution in [0.5, 0.6) is 0 Å². The highest BCUT2D eigenvalue weighted by atomic mass is 32.2. The number of hydrogen-bond donors (Lipinski definition) is 1. The number of aromatic nitrogens is 2. The van der Waals surface area contributed by atoms with Crippen molar-refractivity contribution < 1.29 is 4.92 Å². The molecule has 0 spiro atoms. The van der Waals surface area contributed by atoms with Crippen molar-refractivity contribution >= 4 is 29.0 Å². The van der Waals surface area contributed by atoms with Gasteiger partial charge < -0.3 is 5.32 Å². The van der Waals surface area contributed by atoms with Crippen molar-refractivity contribution in [3.05, 3.63) is 76.1 Å². The van der Waals surface area contributed by atoms with E-state index >= 15 is 0 Å². The molecule has 7 heteroatoms. The van der Waals surface area contributed by atoms with Crippen LogP contribution in [0.3, 0.4) is 0 Å². The summed E-state index contributed by atoms with van der Waals surface area (Å²) in [5.41, 5.74) is 2.79. The van der Waals surface area contributed by atoms with Crippen LogP contribution in [0.15, 0.2) is 64.8 Å². The molecule has 126 valence electrons. The summed E-state index contributed by atoms with van der Waals surface area (Å²) >= 11 is 1.25. The number of benzene rings is 2. The van der Waals surface area contributed by atoms with Crippen LogP contribution < -0.4 is 5.32 Å². The number of hydrogen-bond acceptors (Lipinski definition) is 6. The molecule has 6 nitrogen and oxygen atoms in total. The summed E-state index contributed by atoms with van der Waals surface area (Å²) in [5.74, 6) is 0.181. The zero-order chi connectivity index (χ0) is 17.8. The van der Waals surface area contributed by atoms with Crippen molar-refractivity contribution in [3.8, 4) is 0 Å². The van der Waals surface area contributed by atoms with E-state index in [4.69, 9.17) is 0 Å². The Labute approximate surface area is 149 Å². The normalized spacial score (nSPS) is 10.5. The lowest BCUT2D eigenvalue weighted by atomic mass is 10.2. The fourth-order valence-electron chi connectivity index (χ4n) is 2.27. The van der Waals surface area contributed by atoms with E-state index in [-0.39, 0.29) is 11.5 Å². The molecule has 3 rings (SSSR count). The van der Waals surface area contributed by atoms with Gasteiger partial charge in [-0.3, -0.25) is 10.1 Å². The Balaban J connectivity index is 1.96. The summed E-state index contributed by atoms with van der Waals surface area (Å²) in [4.78, 5) is 20.2. The predicted octanol–water partition coefficient (Wildman–Crippen LogP) is 4.90. The Morgan fingerprint density at radius 1 is 1.04 bits per heavy atom. The molecule has 0 unspecified atom stereocenters. The van der Waals surface area contributed by atoms with Crippen molar-refractivity contribution in [2.24, 2.45) is 0 Å². The highest BCUT2D eigenvalue weighted by Gasteiger charge is 2.23. The Kier molecular flexibility index (Phi) is 4.95. The number of nitro groups is 1. The van der Waals surface area contributed by atoms with Gasteiger partial charge in [-0.05, 0) is 43.7 Å². The van der Waals surface area contributed by atoms with Gasteiger partial charge in [0, 0.05) is 10.6 Å². The number of nitrogens with one attached hydrogen (secondary N) is 1. The van der Waals surface area contributed by atoms with Crippen molar-refractivity contribution in [3.63, 3.8) is 0 Å². The maximum absolute atomic E-state index is 11.6. The maximum Gasteiger partial charge on any atom is 0.343 e. The predicted molar refractivity (Wildman–Crippen MR) is 98.5 cm³/mol. The van der Waals surface area contributed by atoms with E-state index in [0.717, 1.165) is 21.7 Å². The lowest BCUT2D eigenvalue weighted by molar-refractivity contribution is -0.387. The van der Waals surface area contributed by atoms with Gasteiger partial charge in [0.2, 0.25) is 5.82 Å². The highest BCUT2D eigenvalue weighted by Crippen LogP contribution is 2.37. The molecule has 0 aliphatic heterocycles. The van der Waals surface area contributed by atoms with Gasteiger partial charge >= 0.3 is 5.69 Å². The van der Waals surface area contributed by atoms with Crippen LogP contribution in [0, 0.1) is 24.0 Å². The van der Waals surface area contributed by atoms with Crippen LogP contribution in [0.1, 0.15) is 11.1 Å². The van der Waals surface area contributed by atoms with E-state index in [9.17, 15) is 10.1 Å². The minimum absolute atomic E-state index is 0.130. The van der Waals surface area contributed by atoms with Gasteiger partial charge in [0.15, 0.2) is 5.03 Å². The summed E-state index contributed by atoms with van der Waals surface area (Å²) in [6.07, 6.45) is 1.33. The molecule has 0 amide bonds. The average molecular weight is 352 g/mol. The third-order valence-corrected chi connectivity index (χ3v) is 4.49. The van der Waals surface area contributed by atoms with Gasteiger partial charge in [0.05, 0.1) is 4.92 Å². The van der Waals surface area contributed by atoms with Crippen LogP contribution in [-0.4, -0.2) is 14.9 Å². The Bertz CT molecular complexity index is 913. The van der Waals surface area contributed by atoms with E-state index in [1.807, 2.05) is 62.4 Å². The largest absolute Gasteiger partial charge is 0.343 e. The van der Waals surface area contributed by atoms with E-state index in [1.165, 1.54) is 18.1 Å². The summed E-state index contributed by atoms with van der Waals surface area (Å²) in [7, 11) is 0. The monoisotopic (exact) mass is 352 g/mol. The van der Waals surface area contributed by atoms with Crippen LogP contribution in [0.4, 0.5) is 17.2 Å². The molecule has 2 aromatic carbocycles. The molecule has 3 aromatic rings. The molecule has 0 radical (unpaired) electrons. The van der Waals surface area contributed by atoms with Crippen molar-refractivity contribution in [1.29, 1.82) is 0 Å². The van der Waals surface area contributed by atoms with Crippen LogP contribution in [0.2, 0.25) is 0 Å². The van der Waals surface area contributed by atoms with Crippen molar-refractivity contribution in [1.82, 2.24) is 9.97 Å². The number of anilines is 2. The van der Waals surface area contributed by atoms with Crippen LogP contribution in [0.25, 0.3) is 0 Å². The molecule has 0 bridgehead atoms. The molecule has 0 saturated carbocycles. The maximum atomic E-state index is 11.6. The summed E-state index contributed by atoms with van der Waals surface area (Å²) < 4.78 is 0. The highest BCUT2D eigenvalue weighted by molar-refractivity contribution is 7.99. The van der Waals surface area contributed by atoms with Crippen LogP contribution in [-0.2, 0) is 0 Å². The summed E-state index contributed by atoms with van der Waals surface area (Å²) in [6, 6.07) is 15.3. The number of aryl methyl sites for hydroxylation is 2. The molecule has 0 fully saturated rings. The fraction of sp³-hybridized carbons (Fsp3) is 0.111. The smallest absolute Gasteiger partial charge is 0.334 e. The van der Waals surface area contributed by atoms with Crippen molar-refractivity contribution in [2.45, 2.75) is 23.8 Å². The molecule has 1 aromatic heterocycles. The van der Waals surface area contributed by atoms with Crippen LogP contribution >= 0.6 is 11.8 Å².